The predicted molar refractivity (Wildman–Crippen MR) is 71.8 cm³/mol. The molecule has 0 unspecified atom stereocenters. The summed E-state index contributed by atoms with van der Waals surface area (Å²) in [4.78, 5) is 0. The molecule has 1 fully saturated rings. The lowest BCUT2D eigenvalue weighted by atomic mass is 10.1. The smallest absolute Gasteiger partial charge is 0.166 e. The van der Waals surface area contributed by atoms with Crippen molar-refractivity contribution in [3.05, 3.63) is 34.9 Å². The first-order chi connectivity index (χ1) is 7.65. The summed E-state index contributed by atoms with van der Waals surface area (Å²) in [6.07, 6.45) is 2.46. The molecule has 2 rings (SSSR count). The zero-order chi connectivity index (χ0) is 11.5. The molecule has 4 heteroatoms. The van der Waals surface area contributed by atoms with Crippen LogP contribution in [0.5, 0.6) is 0 Å². The van der Waals surface area contributed by atoms with Crippen molar-refractivity contribution in [3.63, 3.8) is 0 Å². The van der Waals surface area contributed by atoms with E-state index in [1.165, 1.54) is 12.8 Å². The number of nitrogens with one attached hydrogen (secondary N) is 2. The Balaban J connectivity index is 1.91. The van der Waals surface area contributed by atoms with Crippen LogP contribution in [-0.2, 0) is 0 Å². The highest BCUT2D eigenvalue weighted by Crippen LogP contribution is 2.20. The molecule has 1 aliphatic rings. The van der Waals surface area contributed by atoms with E-state index in [0.717, 1.165) is 15.7 Å². The molecule has 1 aromatic carbocycles. The van der Waals surface area contributed by atoms with Crippen molar-refractivity contribution < 1.29 is 0 Å². The molecule has 2 N–H and O–H groups in total. The first kappa shape index (κ1) is 11.7. The van der Waals surface area contributed by atoms with Crippen molar-refractivity contribution in [2.75, 3.05) is 0 Å². The molecule has 1 aromatic rings. The maximum Gasteiger partial charge on any atom is 0.166 e. The lowest BCUT2D eigenvalue weighted by Crippen LogP contribution is -2.37. The van der Waals surface area contributed by atoms with Crippen LogP contribution in [0.15, 0.2) is 24.3 Å². The second-order valence-electron chi connectivity index (χ2n) is 4.17. The van der Waals surface area contributed by atoms with Gasteiger partial charge in [-0.25, -0.2) is 0 Å². The fourth-order valence-corrected chi connectivity index (χ4v) is 2.05. The number of thiocarbonyl (C=S) groups is 1. The van der Waals surface area contributed by atoms with Crippen LogP contribution >= 0.6 is 23.8 Å². The Morgan fingerprint density at radius 3 is 2.88 bits per heavy atom. The van der Waals surface area contributed by atoms with Gasteiger partial charge >= 0.3 is 0 Å². The van der Waals surface area contributed by atoms with E-state index in [1.54, 1.807) is 0 Å². The standard InChI is InChI=1S/C12H15ClN2S/c1-8(9-3-2-4-10(13)7-9)14-12(16)15-11-5-6-11/h2-4,7-8,11H,5-6H2,1H3,(H2,14,15,16)/t8-/m0/s1. The zero-order valence-corrected chi connectivity index (χ0v) is 10.7. The molecule has 0 aliphatic heterocycles. The van der Waals surface area contributed by atoms with Gasteiger partial charge in [-0.05, 0) is 49.7 Å². The van der Waals surface area contributed by atoms with Gasteiger partial charge in [-0.3, -0.25) is 0 Å². The monoisotopic (exact) mass is 254 g/mol. The number of rotatable bonds is 3. The third-order valence-corrected chi connectivity index (χ3v) is 3.08. The molecule has 0 amide bonds. The van der Waals surface area contributed by atoms with Crippen LogP contribution in [0.1, 0.15) is 31.4 Å². The van der Waals surface area contributed by atoms with Crippen LogP contribution in [0.25, 0.3) is 0 Å². The third kappa shape index (κ3) is 3.35. The lowest BCUT2D eigenvalue weighted by Gasteiger charge is -2.17. The fourth-order valence-electron chi connectivity index (χ4n) is 1.51. The zero-order valence-electron chi connectivity index (χ0n) is 9.16. The molecule has 0 heterocycles. The van der Waals surface area contributed by atoms with E-state index < -0.39 is 0 Å². The van der Waals surface area contributed by atoms with Gasteiger partial charge in [0.2, 0.25) is 0 Å². The largest absolute Gasteiger partial charge is 0.360 e. The van der Waals surface area contributed by atoms with Crippen LogP contribution < -0.4 is 10.6 Å². The number of benzene rings is 1. The molecule has 0 saturated heterocycles. The minimum atomic E-state index is 0.178. The highest BCUT2D eigenvalue weighted by atomic mass is 35.5. The van der Waals surface area contributed by atoms with E-state index in [1.807, 2.05) is 24.3 Å². The van der Waals surface area contributed by atoms with Crippen LogP contribution in [-0.4, -0.2) is 11.2 Å². The van der Waals surface area contributed by atoms with Crippen LogP contribution in [0, 0.1) is 0 Å². The van der Waals surface area contributed by atoms with Crippen molar-refractivity contribution >= 4 is 28.9 Å². The average Bonchev–Trinajstić information content (AvgIpc) is 3.01. The summed E-state index contributed by atoms with van der Waals surface area (Å²) in [6, 6.07) is 8.59. The van der Waals surface area contributed by atoms with Crippen LogP contribution in [0.4, 0.5) is 0 Å². The molecule has 1 saturated carbocycles. The highest BCUT2D eigenvalue weighted by Gasteiger charge is 2.22. The fraction of sp³-hybridized carbons (Fsp3) is 0.417. The first-order valence-electron chi connectivity index (χ1n) is 5.47. The topological polar surface area (TPSA) is 24.1 Å². The van der Waals surface area contributed by atoms with E-state index in [4.69, 9.17) is 23.8 Å². The van der Waals surface area contributed by atoms with Gasteiger partial charge in [-0.1, -0.05) is 23.7 Å². The maximum atomic E-state index is 5.94. The van der Waals surface area contributed by atoms with Crippen molar-refractivity contribution in [1.29, 1.82) is 0 Å². The van der Waals surface area contributed by atoms with Crippen molar-refractivity contribution in [3.8, 4) is 0 Å². The summed E-state index contributed by atoms with van der Waals surface area (Å²) in [5, 5.41) is 8.00. The Morgan fingerprint density at radius 2 is 2.25 bits per heavy atom. The molecule has 0 radical (unpaired) electrons. The van der Waals surface area contributed by atoms with E-state index in [0.29, 0.717) is 6.04 Å². The van der Waals surface area contributed by atoms with Gasteiger partial charge in [0.1, 0.15) is 0 Å². The summed E-state index contributed by atoms with van der Waals surface area (Å²) < 4.78 is 0. The van der Waals surface area contributed by atoms with Gasteiger partial charge < -0.3 is 10.6 Å². The van der Waals surface area contributed by atoms with Gasteiger partial charge in [0, 0.05) is 11.1 Å². The van der Waals surface area contributed by atoms with Crippen LogP contribution in [0.2, 0.25) is 5.02 Å². The predicted octanol–water partition coefficient (Wildman–Crippen LogP) is 3.03. The molecular formula is C12H15ClN2S. The normalized spacial score (nSPS) is 16.6. The molecule has 0 aromatic heterocycles. The summed E-state index contributed by atoms with van der Waals surface area (Å²) in [6.45, 7) is 2.08. The number of hydrogen-bond donors (Lipinski definition) is 2. The Kier molecular flexibility index (Phi) is 3.66. The molecule has 1 atom stereocenters. The van der Waals surface area contributed by atoms with Gasteiger partial charge in [-0.2, -0.15) is 0 Å². The Labute approximate surface area is 106 Å². The molecular weight excluding hydrogens is 240 g/mol. The molecule has 16 heavy (non-hydrogen) atoms. The van der Waals surface area contributed by atoms with Gasteiger partial charge in [-0.15, -0.1) is 0 Å². The molecule has 1 aliphatic carbocycles. The molecule has 0 bridgehead atoms. The maximum absolute atomic E-state index is 5.94. The summed E-state index contributed by atoms with van der Waals surface area (Å²) in [5.41, 5.74) is 1.15. The van der Waals surface area contributed by atoms with E-state index >= 15 is 0 Å². The number of halogens is 1. The summed E-state index contributed by atoms with van der Waals surface area (Å²) in [7, 11) is 0. The van der Waals surface area contributed by atoms with E-state index in [-0.39, 0.29) is 6.04 Å². The minimum absolute atomic E-state index is 0.178. The Morgan fingerprint density at radius 1 is 1.50 bits per heavy atom. The summed E-state index contributed by atoms with van der Waals surface area (Å²) in [5.74, 6) is 0. The van der Waals surface area contributed by atoms with E-state index in [2.05, 4.69) is 17.6 Å². The Bertz CT molecular complexity index is 390. The molecule has 0 spiro atoms. The SMILES string of the molecule is C[C@H](NC(=S)NC1CC1)c1cccc(Cl)c1. The lowest BCUT2D eigenvalue weighted by molar-refractivity contribution is 0.697. The van der Waals surface area contributed by atoms with Crippen LogP contribution in [0.3, 0.4) is 0 Å². The molecule has 86 valence electrons. The number of hydrogen-bond acceptors (Lipinski definition) is 1. The van der Waals surface area contributed by atoms with Gasteiger partial charge in [0.25, 0.3) is 0 Å². The minimum Gasteiger partial charge on any atom is -0.360 e. The van der Waals surface area contributed by atoms with Gasteiger partial charge in [0.15, 0.2) is 5.11 Å². The molecule has 2 nitrogen and oxygen atoms in total. The van der Waals surface area contributed by atoms with Crippen molar-refractivity contribution in [2.24, 2.45) is 0 Å². The van der Waals surface area contributed by atoms with Crippen molar-refractivity contribution in [2.45, 2.75) is 31.8 Å². The summed E-state index contributed by atoms with van der Waals surface area (Å²) >= 11 is 11.2. The van der Waals surface area contributed by atoms with Gasteiger partial charge in [0.05, 0.1) is 6.04 Å². The quantitative estimate of drug-likeness (QED) is 0.811. The second kappa shape index (κ2) is 5.02. The first-order valence-corrected chi connectivity index (χ1v) is 6.26. The second-order valence-corrected chi connectivity index (χ2v) is 5.01. The Hall–Kier alpha value is -0.800. The van der Waals surface area contributed by atoms with Crippen molar-refractivity contribution in [1.82, 2.24) is 10.6 Å². The average molecular weight is 255 g/mol. The van der Waals surface area contributed by atoms with E-state index in [9.17, 15) is 0 Å². The highest BCUT2D eigenvalue weighted by molar-refractivity contribution is 7.80. The third-order valence-electron chi connectivity index (χ3n) is 2.61.